The van der Waals surface area contributed by atoms with E-state index in [4.69, 9.17) is 0 Å². The first-order valence-corrected chi connectivity index (χ1v) is 14.0. The van der Waals surface area contributed by atoms with Crippen molar-refractivity contribution in [3.05, 3.63) is 92.3 Å². The lowest BCUT2D eigenvalue weighted by molar-refractivity contribution is -0.122. The quantitative estimate of drug-likeness (QED) is 0.293. The van der Waals surface area contributed by atoms with E-state index >= 15 is 4.39 Å². The fraction of sp³-hybridized carbons (Fsp3) is 0.355. The average molecular weight is 626 g/mol. The lowest BCUT2D eigenvalue weighted by Crippen LogP contribution is -2.49. The van der Waals surface area contributed by atoms with Crippen LogP contribution < -0.4 is 16.0 Å². The summed E-state index contributed by atoms with van der Waals surface area (Å²) in [6, 6.07) is 17.4. The molecule has 0 saturated carbocycles. The van der Waals surface area contributed by atoms with E-state index in [0.717, 1.165) is 20.4 Å². The van der Waals surface area contributed by atoms with Gasteiger partial charge >= 0.3 is 0 Å². The molecule has 3 N–H and O–H groups in total. The number of nitrogens with one attached hydrogen (secondary N) is 3. The Morgan fingerprint density at radius 1 is 1.08 bits per heavy atom. The van der Waals surface area contributed by atoms with E-state index in [-0.39, 0.29) is 23.0 Å². The molecule has 0 aliphatic carbocycles. The molecule has 0 aromatic heterocycles. The van der Waals surface area contributed by atoms with Crippen LogP contribution in [0.2, 0.25) is 0 Å². The number of fused-ring (bicyclic) bond motifs is 2. The molecular weight excluding hydrogens is 592 g/mol. The van der Waals surface area contributed by atoms with Crippen molar-refractivity contribution in [2.45, 2.75) is 64.5 Å². The normalized spacial score (nSPS) is 24.4. The summed E-state index contributed by atoms with van der Waals surface area (Å²) < 4.78 is 17.0. The number of halogens is 2. The summed E-state index contributed by atoms with van der Waals surface area (Å²) in [5, 5.41) is 9.68. The SMILES string of the molecule is Cc1ccc2c(c1)NC(=O)[C@@]21C(CC(C)(C)C)N[C@@H](C(=O)Nc2ccc(I)cc2)C1c1cccc(C)c1F. The largest absolute Gasteiger partial charge is 0.325 e. The molecule has 5 nitrogen and oxygen atoms in total. The number of anilines is 2. The molecule has 2 heterocycles. The van der Waals surface area contributed by atoms with E-state index in [1.54, 1.807) is 25.1 Å². The highest BCUT2D eigenvalue weighted by molar-refractivity contribution is 14.1. The molecule has 0 bridgehead atoms. The number of rotatable bonds is 4. The molecule has 38 heavy (non-hydrogen) atoms. The van der Waals surface area contributed by atoms with Gasteiger partial charge in [0.25, 0.3) is 0 Å². The molecule has 0 radical (unpaired) electrons. The number of carbonyl (C=O) groups is 2. The maximum atomic E-state index is 15.9. The van der Waals surface area contributed by atoms with E-state index in [1.165, 1.54) is 0 Å². The highest BCUT2D eigenvalue weighted by Crippen LogP contribution is 2.57. The molecule has 4 atom stereocenters. The van der Waals surface area contributed by atoms with E-state index in [2.05, 4.69) is 59.3 Å². The van der Waals surface area contributed by atoms with Gasteiger partial charge in [0, 0.05) is 26.9 Å². The van der Waals surface area contributed by atoms with Gasteiger partial charge in [0.05, 0.1) is 6.04 Å². The monoisotopic (exact) mass is 625 g/mol. The topological polar surface area (TPSA) is 70.2 Å². The van der Waals surface area contributed by atoms with Gasteiger partial charge in [-0.25, -0.2) is 4.39 Å². The smallest absolute Gasteiger partial charge is 0.242 e. The number of hydrogen-bond donors (Lipinski definition) is 3. The number of hydrogen-bond acceptors (Lipinski definition) is 3. The zero-order valence-electron chi connectivity index (χ0n) is 22.3. The maximum absolute atomic E-state index is 15.9. The zero-order valence-corrected chi connectivity index (χ0v) is 24.4. The van der Waals surface area contributed by atoms with Crippen molar-refractivity contribution in [2.24, 2.45) is 5.41 Å². The van der Waals surface area contributed by atoms with Crippen LogP contribution in [0, 0.1) is 28.6 Å². The molecule has 2 aliphatic rings. The molecule has 2 unspecified atom stereocenters. The van der Waals surface area contributed by atoms with Crippen molar-refractivity contribution in [3.63, 3.8) is 0 Å². The summed E-state index contributed by atoms with van der Waals surface area (Å²) in [4.78, 5) is 28.2. The van der Waals surface area contributed by atoms with Crippen LogP contribution >= 0.6 is 22.6 Å². The molecule has 3 aromatic rings. The highest BCUT2D eigenvalue weighted by atomic mass is 127. The van der Waals surface area contributed by atoms with Gasteiger partial charge < -0.3 is 16.0 Å². The first kappa shape index (κ1) is 26.8. The Balaban J connectivity index is 1.72. The summed E-state index contributed by atoms with van der Waals surface area (Å²) in [5.41, 5.74) is 2.75. The van der Waals surface area contributed by atoms with Gasteiger partial charge in [-0.1, -0.05) is 51.1 Å². The summed E-state index contributed by atoms with van der Waals surface area (Å²) in [6.45, 7) is 10.0. The molecule has 198 valence electrons. The Labute approximate surface area is 237 Å². The van der Waals surface area contributed by atoms with E-state index in [9.17, 15) is 9.59 Å². The maximum Gasteiger partial charge on any atom is 0.242 e. The molecular formula is C31H33FIN3O2. The second-order valence-corrected chi connectivity index (χ2v) is 13.0. The van der Waals surface area contributed by atoms with E-state index in [0.29, 0.717) is 23.2 Å². The van der Waals surface area contributed by atoms with Gasteiger partial charge in [0.2, 0.25) is 11.8 Å². The number of aryl methyl sites for hydroxylation is 2. The van der Waals surface area contributed by atoms with Crippen molar-refractivity contribution in [1.82, 2.24) is 5.32 Å². The van der Waals surface area contributed by atoms with Crippen LogP contribution in [0.15, 0.2) is 60.7 Å². The minimum absolute atomic E-state index is 0.157. The highest BCUT2D eigenvalue weighted by Gasteiger charge is 2.66. The Morgan fingerprint density at radius 3 is 2.47 bits per heavy atom. The van der Waals surface area contributed by atoms with Crippen LogP contribution in [-0.4, -0.2) is 23.9 Å². The molecule has 2 aliphatic heterocycles. The number of amides is 2. The van der Waals surface area contributed by atoms with E-state index < -0.39 is 23.4 Å². The molecule has 1 spiro atoms. The van der Waals surface area contributed by atoms with Gasteiger partial charge in [0.15, 0.2) is 0 Å². The van der Waals surface area contributed by atoms with Crippen molar-refractivity contribution in [3.8, 4) is 0 Å². The van der Waals surface area contributed by atoms with Crippen molar-refractivity contribution in [1.29, 1.82) is 0 Å². The average Bonchev–Trinajstić information content (AvgIpc) is 3.31. The van der Waals surface area contributed by atoms with Gasteiger partial charge in [-0.2, -0.15) is 0 Å². The fourth-order valence-corrected chi connectivity index (χ4v) is 6.56. The third-order valence-corrected chi connectivity index (χ3v) is 8.49. The van der Waals surface area contributed by atoms with Gasteiger partial charge in [-0.3, -0.25) is 9.59 Å². The van der Waals surface area contributed by atoms with E-state index in [1.807, 2.05) is 49.4 Å². The summed E-state index contributed by atoms with van der Waals surface area (Å²) >= 11 is 2.22. The summed E-state index contributed by atoms with van der Waals surface area (Å²) in [5.74, 6) is -1.63. The lowest BCUT2D eigenvalue weighted by Gasteiger charge is -2.37. The fourth-order valence-electron chi connectivity index (χ4n) is 6.20. The first-order chi connectivity index (χ1) is 17.9. The number of benzene rings is 3. The second kappa shape index (κ2) is 9.75. The predicted molar refractivity (Wildman–Crippen MR) is 158 cm³/mol. The van der Waals surface area contributed by atoms with Crippen LogP contribution in [0.1, 0.15) is 55.4 Å². The molecule has 7 heteroatoms. The Morgan fingerprint density at radius 2 is 1.79 bits per heavy atom. The van der Waals surface area contributed by atoms with Gasteiger partial charge in [-0.15, -0.1) is 0 Å². The third-order valence-electron chi connectivity index (χ3n) is 7.77. The first-order valence-electron chi connectivity index (χ1n) is 12.9. The second-order valence-electron chi connectivity index (χ2n) is 11.8. The minimum atomic E-state index is -1.17. The molecule has 3 aromatic carbocycles. The zero-order chi connectivity index (χ0) is 27.4. The third kappa shape index (κ3) is 4.53. The van der Waals surface area contributed by atoms with Gasteiger partial charge in [-0.05, 0) is 101 Å². The number of carbonyl (C=O) groups excluding carboxylic acids is 2. The Kier molecular flexibility index (Phi) is 6.88. The van der Waals surface area contributed by atoms with Crippen molar-refractivity contribution >= 4 is 45.8 Å². The van der Waals surface area contributed by atoms with Gasteiger partial charge in [0.1, 0.15) is 11.2 Å². The van der Waals surface area contributed by atoms with Crippen LogP contribution in [0.5, 0.6) is 0 Å². The Bertz CT molecular complexity index is 1420. The van der Waals surface area contributed by atoms with Crippen LogP contribution in [0.4, 0.5) is 15.8 Å². The van der Waals surface area contributed by atoms with Crippen molar-refractivity contribution < 1.29 is 14.0 Å². The molecule has 5 rings (SSSR count). The molecule has 1 saturated heterocycles. The predicted octanol–water partition coefficient (Wildman–Crippen LogP) is 6.44. The standard InChI is InChI=1S/C31H33FIN3O2/c1-17-9-14-22-23(15-17)35-29(38)31(22)24(16-30(3,4)5)36-27(25(31)21-8-6-7-18(2)26(21)32)28(37)34-20-12-10-19(33)11-13-20/h6-15,24-25,27,36H,16H2,1-5H3,(H,34,37)(H,35,38)/t24?,25?,27-,31-/m1/s1. The molecule has 2 amide bonds. The Hall–Kier alpha value is -2.78. The van der Waals surface area contributed by atoms with Crippen LogP contribution in [-0.2, 0) is 15.0 Å². The summed E-state index contributed by atoms with van der Waals surface area (Å²) in [6.07, 6.45) is 0.616. The minimum Gasteiger partial charge on any atom is -0.325 e. The van der Waals surface area contributed by atoms with Crippen molar-refractivity contribution in [2.75, 3.05) is 10.6 Å². The van der Waals surface area contributed by atoms with Crippen LogP contribution in [0.25, 0.3) is 0 Å². The summed E-state index contributed by atoms with van der Waals surface area (Å²) in [7, 11) is 0. The molecule has 1 fully saturated rings. The van der Waals surface area contributed by atoms with Crippen LogP contribution in [0.3, 0.4) is 0 Å². The lowest BCUT2D eigenvalue weighted by atomic mass is 9.62.